The van der Waals surface area contributed by atoms with Gasteiger partial charge in [-0.1, -0.05) is 18.0 Å². The van der Waals surface area contributed by atoms with E-state index in [1.165, 1.54) is 16.7 Å². The first-order chi connectivity index (χ1) is 10.5. The minimum Gasteiger partial charge on any atom is -0.480 e. The molecule has 1 fully saturated rings. The molecule has 1 aliphatic heterocycles. The average molecular weight is 358 g/mol. The van der Waals surface area contributed by atoms with Crippen molar-refractivity contribution in [1.82, 2.24) is 14.3 Å². The molecule has 2 aromatic rings. The maximum absolute atomic E-state index is 12.1. The van der Waals surface area contributed by atoms with Gasteiger partial charge in [-0.25, -0.2) is 4.98 Å². The highest BCUT2D eigenvalue weighted by Crippen LogP contribution is 2.19. The van der Waals surface area contributed by atoms with Gasteiger partial charge >= 0.3 is 5.97 Å². The number of carboxylic acids is 1. The lowest BCUT2D eigenvalue weighted by atomic mass is 10.0. The zero-order chi connectivity index (χ0) is 15.7. The monoisotopic (exact) mass is 357 g/mol. The highest BCUT2D eigenvalue weighted by molar-refractivity contribution is 6.30. The van der Waals surface area contributed by atoms with Gasteiger partial charge in [-0.3, -0.25) is 18.9 Å². The average Bonchev–Trinajstić information content (AvgIpc) is 2.48. The lowest BCUT2D eigenvalue weighted by molar-refractivity contribution is -0.144. The van der Waals surface area contributed by atoms with E-state index in [4.69, 9.17) is 11.6 Å². The Morgan fingerprint density at radius 2 is 2.17 bits per heavy atom. The fourth-order valence-corrected chi connectivity index (χ4v) is 3.04. The van der Waals surface area contributed by atoms with Crippen molar-refractivity contribution in [3.8, 4) is 0 Å². The molecule has 1 saturated heterocycles. The number of piperidine rings is 1. The minimum atomic E-state index is -0.816. The van der Waals surface area contributed by atoms with Crippen LogP contribution in [0.1, 0.15) is 25.0 Å². The minimum absolute atomic E-state index is 0. The summed E-state index contributed by atoms with van der Waals surface area (Å²) < 4.78 is 1.39. The van der Waals surface area contributed by atoms with Crippen molar-refractivity contribution in [3.63, 3.8) is 0 Å². The Balaban J connectivity index is 0.00000192. The number of halogens is 2. The molecular formula is C15H17Cl2N3O3. The summed E-state index contributed by atoms with van der Waals surface area (Å²) in [7, 11) is 0. The predicted octanol–water partition coefficient (Wildman–Crippen LogP) is 2.21. The van der Waals surface area contributed by atoms with Gasteiger partial charge in [0.2, 0.25) is 0 Å². The molecule has 0 aromatic carbocycles. The standard InChI is InChI=1S/C15H16ClN3O3.ClH/c16-10-4-5-13-17-11(7-14(20)19(13)8-10)9-18-6-2-1-3-12(18)15(21)22;/h4-5,7-8,12H,1-3,6,9H2,(H,21,22);1H. The number of hydrogen-bond acceptors (Lipinski definition) is 4. The molecule has 8 heteroatoms. The normalized spacial score (nSPS) is 18.6. The first-order valence-corrected chi connectivity index (χ1v) is 7.57. The van der Waals surface area contributed by atoms with Crippen LogP contribution in [0.3, 0.4) is 0 Å². The van der Waals surface area contributed by atoms with E-state index in [0.717, 1.165) is 12.8 Å². The van der Waals surface area contributed by atoms with Crippen LogP contribution in [-0.4, -0.2) is 37.9 Å². The molecule has 1 aliphatic rings. The first-order valence-electron chi connectivity index (χ1n) is 7.19. The van der Waals surface area contributed by atoms with E-state index in [2.05, 4.69) is 4.98 Å². The maximum atomic E-state index is 12.1. The molecule has 124 valence electrons. The number of pyridine rings is 1. The van der Waals surface area contributed by atoms with E-state index < -0.39 is 12.0 Å². The molecule has 0 amide bonds. The molecule has 0 spiro atoms. The van der Waals surface area contributed by atoms with Crippen LogP contribution >= 0.6 is 24.0 Å². The van der Waals surface area contributed by atoms with Crippen LogP contribution in [0.15, 0.2) is 29.2 Å². The van der Waals surface area contributed by atoms with Crippen LogP contribution in [-0.2, 0) is 11.3 Å². The van der Waals surface area contributed by atoms with Crippen molar-refractivity contribution in [3.05, 3.63) is 45.5 Å². The number of likely N-dealkylation sites (tertiary alicyclic amines) is 1. The summed E-state index contributed by atoms with van der Waals surface area (Å²) in [6.07, 6.45) is 4.04. The molecule has 0 saturated carbocycles. The van der Waals surface area contributed by atoms with Crippen molar-refractivity contribution < 1.29 is 9.90 Å². The summed E-state index contributed by atoms with van der Waals surface area (Å²) in [5.41, 5.74) is 0.877. The van der Waals surface area contributed by atoms with Crippen molar-refractivity contribution in [2.75, 3.05) is 6.54 Å². The maximum Gasteiger partial charge on any atom is 0.320 e. The number of aromatic nitrogens is 2. The molecular weight excluding hydrogens is 341 g/mol. The second-order valence-corrected chi connectivity index (χ2v) is 5.92. The highest BCUT2D eigenvalue weighted by atomic mass is 35.5. The third-order valence-corrected chi connectivity index (χ3v) is 4.16. The summed E-state index contributed by atoms with van der Waals surface area (Å²) >= 11 is 5.88. The fourth-order valence-electron chi connectivity index (χ4n) is 2.88. The van der Waals surface area contributed by atoms with Gasteiger partial charge in [0.05, 0.1) is 10.7 Å². The third kappa shape index (κ3) is 3.83. The van der Waals surface area contributed by atoms with Crippen molar-refractivity contribution in [2.24, 2.45) is 0 Å². The second kappa shape index (κ2) is 7.29. The van der Waals surface area contributed by atoms with E-state index in [1.807, 2.05) is 4.90 Å². The first kappa shape index (κ1) is 17.7. The quantitative estimate of drug-likeness (QED) is 0.911. The second-order valence-electron chi connectivity index (χ2n) is 5.48. The number of fused-ring (bicyclic) bond motifs is 1. The van der Waals surface area contributed by atoms with Gasteiger partial charge in [-0.2, -0.15) is 0 Å². The van der Waals surface area contributed by atoms with Gasteiger partial charge in [0.25, 0.3) is 5.56 Å². The summed E-state index contributed by atoms with van der Waals surface area (Å²) in [5, 5.41) is 9.76. The van der Waals surface area contributed by atoms with Gasteiger partial charge in [0, 0.05) is 18.8 Å². The number of nitrogens with zero attached hydrogens (tertiary/aromatic N) is 3. The van der Waals surface area contributed by atoms with E-state index in [1.54, 1.807) is 12.1 Å². The molecule has 6 nitrogen and oxygen atoms in total. The summed E-state index contributed by atoms with van der Waals surface area (Å²) in [6, 6.07) is 4.29. The summed E-state index contributed by atoms with van der Waals surface area (Å²) in [4.78, 5) is 29.8. The number of carboxylic acid groups (broad SMARTS) is 1. The Hall–Kier alpha value is -1.63. The Bertz CT molecular complexity index is 778. The Morgan fingerprint density at radius 3 is 2.91 bits per heavy atom. The molecule has 3 heterocycles. The molecule has 1 unspecified atom stereocenters. The number of carbonyl (C=O) groups is 1. The molecule has 23 heavy (non-hydrogen) atoms. The highest BCUT2D eigenvalue weighted by Gasteiger charge is 2.28. The van der Waals surface area contributed by atoms with Crippen LogP contribution in [0.25, 0.3) is 5.65 Å². The molecule has 3 rings (SSSR count). The van der Waals surface area contributed by atoms with Gasteiger partial charge in [-0.05, 0) is 31.5 Å². The topological polar surface area (TPSA) is 74.9 Å². The number of aliphatic carboxylic acids is 1. The van der Waals surface area contributed by atoms with Gasteiger partial charge in [0.1, 0.15) is 11.7 Å². The van der Waals surface area contributed by atoms with Crippen LogP contribution < -0.4 is 5.56 Å². The third-order valence-electron chi connectivity index (χ3n) is 3.94. The number of rotatable bonds is 3. The van der Waals surface area contributed by atoms with Crippen molar-refractivity contribution >= 4 is 35.6 Å². The van der Waals surface area contributed by atoms with Gasteiger partial charge in [-0.15, -0.1) is 12.4 Å². The Kier molecular flexibility index (Phi) is 5.62. The zero-order valence-electron chi connectivity index (χ0n) is 12.3. The van der Waals surface area contributed by atoms with Gasteiger partial charge < -0.3 is 5.11 Å². The molecule has 0 bridgehead atoms. The van der Waals surface area contributed by atoms with Crippen LogP contribution in [0, 0.1) is 0 Å². The Morgan fingerprint density at radius 1 is 1.39 bits per heavy atom. The fraction of sp³-hybridized carbons (Fsp3) is 0.400. The van der Waals surface area contributed by atoms with Crippen LogP contribution in [0.4, 0.5) is 0 Å². The molecule has 0 aliphatic carbocycles. The van der Waals surface area contributed by atoms with Crippen LogP contribution in [0.2, 0.25) is 5.02 Å². The molecule has 2 aromatic heterocycles. The predicted molar refractivity (Wildman–Crippen MR) is 89.4 cm³/mol. The molecule has 0 radical (unpaired) electrons. The lowest BCUT2D eigenvalue weighted by Gasteiger charge is -2.32. The van der Waals surface area contributed by atoms with Crippen molar-refractivity contribution in [2.45, 2.75) is 31.8 Å². The summed E-state index contributed by atoms with van der Waals surface area (Å²) in [6.45, 7) is 1.07. The molecule has 1 N–H and O–H groups in total. The molecule has 1 atom stereocenters. The zero-order valence-corrected chi connectivity index (χ0v) is 13.9. The van der Waals surface area contributed by atoms with Gasteiger partial charge in [0.15, 0.2) is 0 Å². The SMILES string of the molecule is Cl.O=C(O)C1CCCCN1Cc1cc(=O)n2cc(Cl)ccc2n1. The van der Waals surface area contributed by atoms with E-state index in [0.29, 0.717) is 35.9 Å². The van der Waals surface area contributed by atoms with E-state index in [9.17, 15) is 14.7 Å². The summed E-state index contributed by atoms with van der Waals surface area (Å²) in [5.74, 6) is -0.816. The van der Waals surface area contributed by atoms with Crippen LogP contribution in [0.5, 0.6) is 0 Å². The number of hydrogen-bond donors (Lipinski definition) is 1. The van der Waals surface area contributed by atoms with E-state index in [-0.39, 0.29) is 18.0 Å². The van der Waals surface area contributed by atoms with E-state index >= 15 is 0 Å². The van der Waals surface area contributed by atoms with Crippen molar-refractivity contribution in [1.29, 1.82) is 0 Å². The Labute approximate surface area is 144 Å². The smallest absolute Gasteiger partial charge is 0.320 e. The largest absolute Gasteiger partial charge is 0.480 e. The lowest BCUT2D eigenvalue weighted by Crippen LogP contribution is -2.44.